The van der Waals surface area contributed by atoms with Gasteiger partial charge in [-0.25, -0.2) is 4.98 Å². The van der Waals surface area contributed by atoms with E-state index in [1.807, 2.05) is 42.5 Å². The Morgan fingerprint density at radius 2 is 2.05 bits per heavy atom. The first-order valence-corrected chi connectivity index (χ1v) is 6.14. The van der Waals surface area contributed by atoms with Crippen LogP contribution in [0.3, 0.4) is 0 Å². The molecule has 6 nitrogen and oxygen atoms in total. The lowest BCUT2D eigenvalue weighted by molar-refractivity contribution is 0.353. The Morgan fingerprint density at radius 1 is 1.20 bits per heavy atom. The van der Waals surface area contributed by atoms with Crippen LogP contribution in [0.1, 0.15) is 5.56 Å². The molecule has 6 heteroatoms. The number of hydrogen-bond donors (Lipinski definition) is 2. The molecular weight excluding hydrogens is 254 g/mol. The molecule has 0 unspecified atom stereocenters. The lowest BCUT2D eigenvalue weighted by Crippen LogP contribution is -2.01. The van der Waals surface area contributed by atoms with Gasteiger partial charge in [-0.05, 0) is 11.6 Å². The third-order valence-corrected chi connectivity index (χ3v) is 2.70. The number of aromatic nitrogens is 4. The van der Waals surface area contributed by atoms with E-state index in [1.54, 1.807) is 0 Å². The number of nitrogens with one attached hydrogen (secondary N) is 1. The molecule has 0 radical (unpaired) electrons. The van der Waals surface area contributed by atoms with E-state index in [9.17, 15) is 0 Å². The van der Waals surface area contributed by atoms with Crippen LogP contribution < -0.4 is 10.5 Å². The summed E-state index contributed by atoms with van der Waals surface area (Å²) in [6, 6.07) is 9.99. The van der Waals surface area contributed by atoms with Crippen LogP contribution in [0.4, 0.5) is 5.95 Å². The fraction of sp³-hybridized carbons (Fsp3) is 0.0714. The van der Waals surface area contributed by atoms with Crippen molar-refractivity contribution in [1.82, 2.24) is 19.9 Å². The van der Waals surface area contributed by atoms with Gasteiger partial charge in [-0.15, -0.1) is 0 Å². The fourth-order valence-corrected chi connectivity index (χ4v) is 1.80. The van der Waals surface area contributed by atoms with Gasteiger partial charge in [0.05, 0.1) is 6.33 Å². The van der Waals surface area contributed by atoms with Crippen LogP contribution in [0.5, 0.6) is 5.88 Å². The van der Waals surface area contributed by atoms with Crippen molar-refractivity contribution in [3.8, 4) is 5.88 Å². The number of benzene rings is 1. The van der Waals surface area contributed by atoms with E-state index in [1.165, 1.54) is 6.33 Å². The van der Waals surface area contributed by atoms with Crippen LogP contribution in [0, 0.1) is 0 Å². The Balaban J connectivity index is 1.71. The molecule has 0 atom stereocenters. The van der Waals surface area contributed by atoms with E-state index in [4.69, 9.17) is 10.5 Å². The summed E-state index contributed by atoms with van der Waals surface area (Å²) in [4.78, 5) is 15.0. The highest BCUT2D eigenvalue weighted by atomic mass is 16.5. The van der Waals surface area contributed by atoms with Crippen molar-refractivity contribution in [3.05, 3.63) is 48.3 Å². The summed E-state index contributed by atoms with van der Waals surface area (Å²) in [7, 11) is 0. The Hall–Kier alpha value is -2.89. The molecule has 0 aliphatic heterocycles. The van der Waals surface area contributed by atoms with Crippen molar-refractivity contribution in [2.24, 2.45) is 0 Å². The lowest BCUT2D eigenvalue weighted by Gasteiger charge is -2.03. The van der Waals surface area contributed by atoms with E-state index in [-0.39, 0.29) is 5.95 Å². The largest absolute Gasteiger partial charge is 0.472 e. The van der Waals surface area contributed by atoms with Crippen LogP contribution in [0.2, 0.25) is 0 Å². The molecule has 0 bridgehead atoms. The minimum atomic E-state index is 0.145. The second-order valence-corrected chi connectivity index (χ2v) is 4.11. The van der Waals surface area contributed by atoms with Gasteiger partial charge in [0.25, 0.3) is 0 Å². The number of imidazole rings is 1. The van der Waals surface area contributed by atoms with Gasteiger partial charge in [-0.1, -0.05) is 36.4 Å². The molecule has 3 N–H and O–H groups in total. The van der Waals surface area contributed by atoms with E-state index in [0.29, 0.717) is 23.7 Å². The summed E-state index contributed by atoms with van der Waals surface area (Å²) in [5.74, 6) is 0.550. The molecule has 0 aliphatic carbocycles. The van der Waals surface area contributed by atoms with Crippen molar-refractivity contribution < 1.29 is 4.74 Å². The first kappa shape index (κ1) is 12.2. The average molecular weight is 267 g/mol. The number of ether oxygens (including phenoxy) is 1. The Morgan fingerprint density at radius 3 is 2.90 bits per heavy atom. The zero-order valence-corrected chi connectivity index (χ0v) is 10.7. The standard InChI is InChI=1S/C14H13N5O/c15-14-18-12-11(16-9-17-12)13(19-14)20-8-4-7-10-5-2-1-3-6-10/h1-7,9H,8H2,(H3,15,16,17,18,19). The van der Waals surface area contributed by atoms with Gasteiger partial charge in [0, 0.05) is 0 Å². The summed E-state index contributed by atoms with van der Waals surface area (Å²) in [5, 5.41) is 0. The van der Waals surface area contributed by atoms with Crippen molar-refractivity contribution >= 4 is 23.2 Å². The molecule has 0 fully saturated rings. The molecule has 0 spiro atoms. The zero-order valence-electron chi connectivity index (χ0n) is 10.7. The quantitative estimate of drug-likeness (QED) is 0.754. The fourth-order valence-electron chi connectivity index (χ4n) is 1.80. The van der Waals surface area contributed by atoms with Gasteiger partial charge in [0.2, 0.25) is 11.8 Å². The lowest BCUT2D eigenvalue weighted by atomic mass is 10.2. The highest BCUT2D eigenvalue weighted by Gasteiger charge is 2.08. The van der Waals surface area contributed by atoms with Crippen LogP contribution in [-0.2, 0) is 0 Å². The maximum Gasteiger partial charge on any atom is 0.245 e. The summed E-state index contributed by atoms with van der Waals surface area (Å²) < 4.78 is 5.59. The number of H-pyrrole nitrogens is 1. The highest BCUT2D eigenvalue weighted by Crippen LogP contribution is 2.19. The smallest absolute Gasteiger partial charge is 0.245 e. The number of rotatable bonds is 4. The Bertz CT molecular complexity index is 736. The molecule has 100 valence electrons. The van der Waals surface area contributed by atoms with Crippen LogP contribution in [0.25, 0.3) is 17.2 Å². The molecule has 0 amide bonds. The monoisotopic (exact) mass is 267 g/mol. The number of fused-ring (bicyclic) bond motifs is 1. The molecule has 3 rings (SSSR count). The number of anilines is 1. The van der Waals surface area contributed by atoms with Gasteiger partial charge in [0.1, 0.15) is 12.1 Å². The molecule has 20 heavy (non-hydrogen) atoms. The van der Waals surface area contributed by atoms with E-state index >= 15 is 0 Å². The number of nitrogen functional groups attached to an aromatic ring is 1. The second kappa shape index (κ2) is 5.40. The van der Waals surface area contributed by atoms with Crippen LogP contribution >= 0.6 is 0 Å². The molecule has 0 saturated heterocycles. The van der Waals surface area contributed by atoms with Crippen LogP contribution in [0.15, 0.2) is 42.7 Å². The summed E-state index contributed by atoms with van der Waals surface area (Å²) >= 11 is 0. The topological polar surface area (TPSA) is 89.7 Å². The van der Waals surface area contributed by atoms with Crippen LogP contribution in [-0.4, -0.2) is 26.5 Å². The SMILES string of the molecule is Nc1nc(OCC=Cc2ccccc2)c2[nH]cnc2n1. The normalized spacial score (nSPS) is 11.2. The Kier molecular flexibility index (Phi) is 3.28. The highest BCUT2D eigenvalue weighted by molar-refractivity contribution is 5.76. The minimum absolute atomic E-state index is 0.145. The van der Waals surface area contributed by atoms with Gasteiger partial charge in [-0.3, -0.25) is 0 Å². The Labute approximate surface area is 115 Å². The second-order valence-electron chi connectivity index (χ2n) is 4.11. The number of nitrogens with two attached hydrogens (primary N) is 1. The molecule has 0 saturated carbocycles. The third-order valence-electron chi connectivity index (χ3n) is 2.70. The third kappa shape index (κ3) is 2.59. The van der Waals surface area contributed by atoms with Gasteiger partial charge >= 0.3 is 0 Å². The van der Waals surface area contributed by atoms with Gasteiger partial charge in [0.15, 0.2) is 5.65 Å². The van der Waals surface area contributed by atoms with E-state index in [2.05, 4.69) is 19.9 Å². The zero-order chi connectivity index (χ0) is 13.8. The van der Waals surface area contributed by atoms with Gasteiger partial charge in [-0.2, -0.15) is 9.97 Å². The summed E-state index contributed by atoms with van der Waals surface area (Å²) in [6.45, 7) is 0.388. The molecule has 1 aromatic carbocycles. The van der Waals surface area contributed by atoms with Crippen molar-refractivity contribution in [2.75, 3.05) is 12.3 Å². The molecule has 2 aromatic heterocycles. The van der Waals surface area contributed by atoms with Crippen molar-refractivity contribution in [3.63, 3.8) is 0 Å². The maximum atomic E-state index is 5.61. The average Bonchev–Trinajstić information content (AvgIpc) is 2.92. The van der Waals surface area contributed by atoms with E-state index in [0.717, 1.165) is 5.56 Å². The number of aromatic amines is 1. The summed E-state index contributed by atoms with van der Waals surface area (Å²) in [6.07, 6.45) is 5.43. The van der Waals surface area contributed by atoms with Crippen molar-refractivity contribution in [2.45, 2.75) is 0 Å². The first-order valence-electron chi connectivity index (χ1n) is 6.14. The number of nitrogens with zero attached hydrogens (tertiary/aromatic N) is 3. The van der Waals surface area contributed by atoms with Crippen molar-refractivity contribution in [1.29, 1.82) is 0 Å². The molecule has 0 aliphatic rings. The molecule has 3 aromatic rings. The minimum Gasteiger partial charge on any atom is -0.472 e. The predicted molar refractivity (Wildman–Crippen MR) is 77.1 cm³/mol. The first-order chi connectivity index (χ1) is 9.83. The van der Waals surface area contributed by atoms with Gasteiger partial charge < -0.3 is 15.5 Å². The molecular formula is C14H13N5O. The predicted octanol–water partition coefficient (Wildman–Crippen LogP) is 2.03. The number of hydrogen-bond acceptors (Lipinski definition) is 5. The molecule has 2 heterocycles. The van der Waals surface area contributed by atoms with E-state index < -0.39 is 0 Å². The summed E-state index contributed by atoms with van der Waals surface area (Å²) in [5.41, 5.74) is 7.87. The maximum absolute atomic E-state index is 5.61.